The Morgan fingerprint density at radius 1 is 0.650 bits per heavy atom. The summed E-state index contributed by atoms with van der Waals surface area (Å²) >= 11 is 0. The van der Waals surface area contributed by atoms with Gasteiger partial charge in [-0.15, -0.1) is 0 Å². The van der Waals surface area contributed by atoms with Crippen LogP contribution in [0.1, 0.15) is 104 Å². The second-order valence-electron chi connectivity index (χ2n) is 8.64. The van der Waals surface area contributed by atoms with Gasteiger partial charge < -0.3 is 0 Å². The molecule has 0 radical (unpaired) electrons. The normalized spacial score (nSPS) is 39.6. The molecule has 0 amide bonds. The van der Waals surface area contributed by atoms with Crippen LogP contribution in [-0.2, 0) is 0 Å². The molecule has 20 heavy (non-hydrogen) atoms. The molecule has 0 aromatic rings. The molecule has 0 aliphatic heterocycles. The Kier molecular flexibility index (Phi) is 4.48. The molecule has 2 unspecified atom stereocenters. The Morgan fingerprint density at radius 3 is 1.85 bits per heavy atom. The maximum atomic E-state index is 2.71. The third kappa shape index (κ3) is 2.35. The monoisotopic (exact) mass is 276 g/mol. The van der Waals surface area contributed by atoms with Gasteiger partial charge in [-0.25, -0.2) is 0 Å². The van der Waals surface area contributed by atoms with E-state index >= 15 is 0 Å². The minimum Gasteiger partial charge on any atom is -0.0619 e. The van der Waals surface area contributed by atoms with Crippen molar-refractivity contribution in [3.05, 3.63) is 0 Å². The largest absolute Gasteiger partial charge is 0.0619 e. The van der Waals surface area contributed by atoms with Crippen LogP contribution in [0.2, 0.25) is 0 Å². The van der Waals surface area contributed by atoms with Gasteiger partial charge in [-0.1, -0.05) is 71.6 Å². The SMILES string of the molecule is CC1CCCCC1(C1CCCCC1)C1(C)CCCCC1. The van der Waals surface area contributed by atoms with Crippen molar-refractivity contribution in [3.8, 4) is 0 Å². The molecule has 0 aromatic heterocycles. The van der Waals surface area contributed by atoms with E-state index in [1.807, 2.05) is 0 Å². The van der Waals surface area contributed by atoms with Crippen LogP contribution in [0.5, 0.6) is 0 Å². The fourth-order valence-corrected chi connectivity index (χ4v) is 6.78. The first-order chi connectivity index (χ1) is 9.69. The van der Waals surface area contributed by atoms with Gasteiger partial charge in [-0.3, -0.25) is 0 Å². The summed E-state index contributed by atoms with van der Waals surface area (Å²) in [5.74, 6) is 2.05. The highest BCUT2D eigenvalue weighted by molar-refractivity contribution is 5.05. The van der Waals surface area contributed by atoms with Crippen LogP contribution in [0.25, 0.3) is 0 Å². The number of hydrogen-bond acceptors (Lipinski definition) is 0. The van der Waals surface area contributed by atoms with E-state index in [1.165, 1.54) is 70.6 Å². The van der Waals surface area contributed by atoms with Crippen LogP contribution < -0.4 is 0 Å². The molecule has 0 saturated heterocycles. The van der Waals surface area contributed by atoms with Gasteiger partial charge in [0.15, 0.2) is 0 Å². The summed E-state index contributed by atoms with van der Waals surface area (Å²) < 4.78 is 0. The van der Waals surface area contributed by atoms with Crippen molar-refractivity contribution in [1.29, 1.82) is 0 Å². The third-order valence-electron chi connectivity index (χ3n) is 7.77. The first-order valence-corrected chi connectivity index (χ1v) is 9.69. The van der Waals surface area contributed by atoms with Crippen LogP contribution in [0.4, 0.5) is 0 Å². The van der Waals surface area contributed by atoms with Gasteiger partial charge in [0, 0.05) is 0 Å². The summed E-state index contributed by atoms with van der Waals surface area (Å²) in [5.41, 5.74) is 1.39. The van der Waals surface area contributed by atoms with E-state index in [1.54, 1.807) is 19.3 Å². The van der Waals surface area contributed by atoms with E-state index in [2.05, 4.69) is 13.8 Å². The summed E-state index contributed by atoms with van der Waals surface area (Å²) in [6.45, 7) is 5.34. The molecule has 116 valence electrons. The zero-order valence-corrected chi connectivity index (χ0v) is 14.1. The molecule has 3 aliphatic carbocycles. The maximum Gasteiger partial charge on any atom is -0.0190 e. The van der Waals surface area contributed by atoms with Gasteiger partial charge >= 0.3 is 0 Å². The second kappa shape index (κ2) is 6.01. The van der Waals surface area contributed by atoms with Gasteiger partial charge in [0.1, 0.15) is 0 Å². The Balaban J connectivity index is 1.92. The molecular formula is C20H36. The van der Waals surface area contributed by atoms with Gasteiger partial charge in [-0.2, -0.15) is 0 Å². The zero-order chi connectivity index (χ0) is 14.1. The Morgan fingerprint density at radius 2 is 1.20 bits per heavy atom. The molecule has 0 nitrogen and oxygen atoms in total. The molecule has 3 rings (SSSR count). The molecule has 0 N–H and O–H groups in total. The highest BCUT2D eigenvalue weighted by Crippen LogP contribution is 2.64. The topological polar surface area (TPSA) is 0 Å². The lowest BCUT2D eigenvalue weighted by Gasteiger charge is -2.61. The van der Waals surface area contributed by atoms with E-state index in [4.69, 9.17) is 0 Å². The molecule has 3 fully saturated rings. The summed E-state index contributed by atoms with van der Waals surface area (Å²) in [6, 6.07) is 0. The number of rotatable bonds is 2. The molecular weight excluding hydrogens is 240 g/mol. The Bertz CT molecular complexity index is 306. The molecule has 0 spiro atoms. The Labute approximate surface area is 127 Å². The molecule has 3 saturated carbocycles. The van der Waals surface area contributed by atoms with Crippen molar-refractivity contribution >= 4 is 0 Å². The summed E-state index contributed by atoms with van der Waals surface area (Å²) in [7, 11) is 0. The molecule has 0 heterocycles. The van der Waals surface area contributed by atoms with Gasteiger partial charge in [0.05, 0.1) is 0 Å². The number of hydrogen-bond donors (Lipinski definition) is 0. The van der Waals surface area contributed by atoms with E-state index in [-0.39, 0.29) is 0 Å². The minimum absolute atomic E-state index is 0.674. The fourth-order valence-electron chi connectivity index (χ4n) is 6.78. The lowest BCUT2D eigenvalue weighted by molar-refractivity contribution is -0.115. The van der Waals surface area contributed by atoms with Crippen LogP contribution in [0.3, 0.4) is 0 Å². The van der Waals surface area contributed by atoms with Crippen LogP contribution in [-0.4, -0.2) is 0 Å². The first-order valence-electron chi connectivity index (χ1n) is 9.69. The lowest BCUT2D eigenvalue weighted by Crippen LogP contribution is -2.52. The highest BCUT2D eigenvalue weighted by atomic mass is 14.6. The van der Waals surface area contributed by atoms with E-state index < -0.39 is 0 Å². The van der Waals surface area contributed by atoms with Crippen molar-refractivity contribution in [2.75, 3.05) is 0 Å². The standard InChI is InChI=1S/C20H36/c1-17-11-7-10-16-20(17,18-12-5-3-6-13-18)19(2)14-8-4-9-15-19/h17-18H,3-16H2,1-2H3. The minimum atomic E-state index is 0.674. The highest BCUT2D eigenvalue weighted by Gasteiger charge is 2.55. The average molecular weight is 277 g/mol. The van der Waals surface area contributed by atoms with Crippen LogP contribution in [0.15, 0.2) is 0 Å². The second-order valence-corrected chi connectivity index (χ2v) is 8.64. The van der Waals surface area contributed by atoms with Crippen molar-refractivity contribution in [1.82, 2.24) is 0 Å². The maximum absolute atomic E-state index is 2.71. The van der Waals surface area contributed by atoms with E-state index in [0.29, 0.717) is 10.8 Å². The van der Waals surface area contributed by atoms with E-state index in [0.717, 1.165) is 11.8 Å². The predicted molar refractivity (Wildman–Crippen MR) is 87.8 cm³/mol. The first kappa shape index (κ1) is 14.9. The average Bonchev–Trinajstić information content (AvgIpc) is 2.49. The summed E-state index contributed by atoms with van der Waals surface area (Å²) in [5, 5.41) is 0. The molecule has 0 bridgehead atoms. The van der Waals surface area contributed by atoms with Crippen molar-refractivity contribution < 1.29 is 0 Å². The molecule has 0 aromatic carbocycles. The van der Waals surface area contributed by atoms with Crippen LogP contribution >= 0.6 is 0 Å². The zero-order valence-electron chi connectivity index (χ0n) is 14.1. The van der Waals surface area contributed by atoms with Gasteiger partial charge in [-0.05, 0) is 54.8 Å². The summed E-state index contributed by atoms with van der Waals surface area (Å²) in [6.07, 6.45) is 21.4. The predicted octanol–water partition coefficient (Wildman–Crippen LogP) is 6.73. The molecule has 0 heteroatoms. The summed E-state index contributed by atoms with van der Waals surface area (Å²) in [4.78, 5) is 0. The Hall–Kier alpha value is 0. The van der Waals surface area contributed by atoms with Gasteiger partial charge in [0.25, 0.3) is 0 Å². The van der Waals surface area contributed by atoms with Crippen molar-refractivity contribution in [2.24, 2.45) is 22.7 Å². The third-order valence-corrected chi connectivity index (χ3v) is 7.77. The van der Waals surface area contributed by atoms with Crippen molar-refractivity contribution in [2.45, 2.75) is 104 Å². The lowest BCUT2D eigenvalue weighted by atomic mass is 9.44. The quantitative estimate of drug-likeness (QED) is 0.524. The van der Waals surface area contributed by atoms with Crippen molar-refractivity contribution in [3.63, 3.8) is 0 Å². The molecule has 3 aliphatic rings. The van der Waals surface area contributed by atoms with E-state index in [9.17, 15) is 0 Å². The van der Waals surface area contributed by atoms with Crippen LogP contribution in [0, 0.1) is 22.7 Å². The fraction of sp³-hybridized carbons (Fsp3) is 1.00. The van der Waals surface area contributed by atoms with Gasteiger partial charge in [0.2, 0.25) is 0 Å². The smallest absolute Gasteiger partial charge is 0.0190 e. The molecule has 2 atom stereocenters.